The second kappa shape index (κ2) is 4.70. The van der Waals surface area contributed by atoms with Crippen LogP contribution in [0, 0.1) is 6.92 Å². The number of anilines is 3. The average molecular weight is 296 g/mol. The van der Waals surface area contributed by atoms with Gasteiger partial charge in [0.15, 0.2) is 0 Å². The molecule has 4 rings (SSSR count). The van der Waals surface area contributed by atoms with Crippen LogP contribution in [0.3, 0.4) is 0 Å². The lowest BCUT2D eigenvalue weighted by Gasteiger charge is -2.09. The number of fused-ring (bicyclic) bond motifs is 2. The van der Waals surface area contributed by atoms with E-state index in [2.05, 4.69) is 46.5 Å². The Morgan fingerprint density at radius 3 is 2.90 bits per heavy atom. The Balaban J connectivity index is 1.77. The van der Waals surface area contributed by atoms with E-state index in [9.17, 15) is 0 Å². The van der Waals surface area contributed by atoms with Gasteiger partial charge in [-0.1, -0.05) is 6.07 Å². The summed E-state index contributed by atoms with van der Waals surface area (Å²) < 4.78 is 0. The van der Waals surface area contributed by atoms with Gasteiger partial charge < -0.3 is 11.1 Å². The molecule has 3 aromatic rings. The van der Waals surface area contributed by atoms with Crippen LogP contribution in [-0.2, 0) is 12.8 Å². The summed E-state index contributed by atoms with van der Waals surface area (Å²) in [6.07, 6.45) is 3.63. The van der Waals surface area contributed by atoms with E-state index >= 15 is 0 Å². The molecule has 1 aliphatic rings. The number of nitrogens with one attached hydrogen (secondary N) is 1. The molecule has 0 amide bonds. The number of aryl methyl sites for hydroxylation is 3. The molecule has 21 heavy (non-hydrogen) atoms. The zero-order valence-electron chi connectivity index (χ0n) is 11.8. The Kier molecular flexibility index (Phi) is 2.82. The molecule has 0 radical (unpaired) electrons. The minimum absolute atomic E-state index is 0.313. The molecular formula is C16H16N4S. The highest BCUT2D eigenvalue weighted by Gasteiger charge is 2.13. The van der Waals surface area contributed by atoms with Crippen molar-refractivity contribution in [3.63, 3.8) is 0 Å². The molecule has 106 valence electrons. The van der Waals surface area contributed by atoms with Crippen LogP contribution in [0.15, 0.2) is 24.3 Å². The molecule has 1 aromatic carbocycles. The fraction of sp³-hybridized carbons (Fsp3) is 0.250. The summed E-state index contributed by atoms with van der Waals surface area (Å²) in [6, 6.07) is 8.67. The first kappa shape index (κ1) is 12.6. The van der Waals surface area contributed by atoms with Crippen molar-refractivity contribution in [3.8, 4) is 0 Å². The molecule has 0 bridgehead atoms. The standard InChI is InChI=1S/C16H16N4S/c1-9-7-13-14(19-16(17)20-15(13)21-9)18-12-6-5-10-3-2-4-11(10)8-12/h5-8H,2-4H2,1H3,(H3,17,18,19,20). The number of nitrogens with zero attached hydrogens (tertiary/aromatic N) is 2. The van der Waals surface area contributed by atoms with Crippen molar-refractivity contribution in [2.24, 2.45) is 0 Å². The highest BCUT2D eigenvalue weighted by molar-refractivity contribution is 7.18. The van der Waals surface area contributed by atoms with Crippen molar-refractivity contribution >= 4 is 39.0 Å². The molecule has 0 atom stereocenters. The van der Waals surface area contributed by atoms with Crippen molar-refractivity contribution in [2.75, 3.05) is 11.1 Å². The first-order valence-electron chi connectivity index (χ1n) is 7.11. The zero-order valence-corrected chi connectivity index (χ0v) is 12.6. The van der Waals surface area contributed by atoms with E-state index in [0.29, 0.717) is 5.95 Å². The van der Waals surface area contributed by atoms with Crippen LogP contribution in [0.4, 0.5) is 17.5 Å². The van der Waals surface area contributed by atoms with Gasteiger partial charge in [0.2, 0.25) is 5.95 Å². The molecular weight excluding hydrogens is 280 g/mol. The molecule has 0 spiro atoms. The van der Waals surface area contributed by atoms with Crippen molar-refractivity contribution in [1.29, 1.82) is 0 Å². The molecule has 2 aromatic heterocycles. The van der Waals surface area contributed by atoms with Crippen molar-refractivity contribution in [3.05, 3.63) is 40.3 Å². The first-order valence-corrected chi connectivity index (χ1v) is 7.93. The van der Waals surface area contributed by atoms with Gasteiger partial charge in [-0.3, -0.25) is 0 Å². The van der Waals surface area contributed by atoms with Gasteiger partial charge >= 0.3 is 0 Å². The molecule has 1 aliphatic carbocycles. The minimum atomic E-state index is 0.313. The predicted octanol–water partition coefficient (Wildman–Crippen LogP) is 3.81. The van der Waals surface area contributed by atoms with Gasteiger partial charge in [-0.15, -0.1) is 11.3 Å². The molecule has 3 N–H and O–H groups in total. The fourth-order valence-electron chi connectivity index (χ4n) is 2.94. The normalized spacial score (nSPS) is 13.6. The van der Waals surface area contributed by atoms with Gasteiger partial charge in [-0.2, -0.15) is 4.98 Å². The number of rotatable bonds is 2. The SMILES string of the molecule is Cc1cc2c(Nc3ccc4c(c3)CCC4)nc(N)nc2s1. The van der Waals surface area contributed by atoms with E-state index in [-0.39, 0.29) is 0 Å². The molecule has 0 aliphatic heterocycles. The number of nitrogen functional groups attached to an aromatic ring is 1. The third-order valence-corrected chi connectivity index (χ3v) is 4.84. The van der Waals surface area contributed by atoms with Crippen molar-refractivity contribution in [1.82, 2.24) is 9.97 Å². The van der Waals surface area contributed by atoms with E-state index in [4.69, 9.17) is 5.73 Å². The van der Waals surface area contributed by atoms with Gasteiger partial charge in [-0.05, 0) is 55.5 Å². The third kappa shape index (κ3) is 2.23. The summed E-state index contributed by atoms with van der Waals surface area (Å²) in [4.78, 5) is 10.8. The number of benzene rings is 1. The lowest BCUT2D eigenvalue weighted by molar-refractivity contribution is 0.912. The van der Waals surface area contributed by atoms with Gasteiger partial charge in [0.25, 0.3) is 0 Å². The van der Waals surface area contributed by atoms with E-state index in [1.54, 1.807) is 11.3 Å². The molecule has 5 heteroatoms. The number of hydrogen-bond acceptors (Lipinski definition) is 5. The maximum absolute atomic E-state index is 5.82. The Morgan fingerprint density at radius 2 is 2.00 bits per heavy atom. The topological polar surface area (TPSA) is 63.8 Å². The summed E-state index contributed by atoms with van der Waals surface area (Å²) in [5.74, 6) is 1.10. The average Bonchev–Trinajstić information content (AvgIpc) is 3.03. The van der Waals surface area contributed by atoms with Gasteiger partial charge in [0.05, 0.1) is 5.39 Å². The molecule has 4 nitrogen and oxygen atoms in total. The molecule has 0 saturated carbocycles. The summed E-state index contributed by atoms with van der Waals surface area (Å²) in [5.41, 5.74) is 9.81. The van der Waals surface area contributed by atoms with Gasteiger partial charge in [-0.25, -0.2) is 4.98 Å². The first-order chi connectivity index (χ1) is 10.2. The van der Waals surface area contributed by atoms with E-state index < -0.39 is 0 Å². The number of thiophene rings is 1. The molecule has 0 unspecified atom stereocenters. The molecule has 0 saturated heterocycles. The highest BCUT2D eigenvalue weighted by Crippen LogP contribution is 2.32. The summed E-state index contributed by atoms with van der Waals surface area (Å²) >= 11 is 1.64. The smallest absolute Gasteiger partial charge is 0.223 e. The van der Waals surface area contributed by atoms with Crippen LogP contribution in [0.1, 0.15) is 22.4 Å². The monoisotopic (exact) mass is 296 g/mol. The van der Waals surface area contributed by atoms with E-state index in [1.807, 2.05) is 0 Å². The lowest BCUT2D eigenvalue weighted by atomic mass is 10.1. The summed E-state index contributed by atoms with van der Waals surface area (Å²) in [6.45, 7) is 2.07. The Hall–Kier alpha value is -2.14. The number of aromatic nitrogens is 2. The second-order valence-corrected chi connectivity index (χ2v) is 6.70. The zero-order chi connectivity index (χ0) is 14.4. The molecule has 2 heterocycles. The van der Waals surface area contributed by atoms with Crippen LogP contribution in [0.25, 0.3) is 10.2 Å². The highest BCUT2D eigenvalue weighted by atomic mass is 32.1. The minimum Gasteiger partial charge on any atom is -0.368 e. The lowest BCUT2D eigenvalue weighted by Crippen LogP contribution is -2.00. The predicted molar refractivity (Wildman–Crippen MR) is 88.3 cm³/mol. The second-order valence-electron chi connectivity index (χ2n) is 5.47. The fourth-order valence-corrected chi connectivity index (χ4v) is 3.83. The van der Waals surface area contributed by atoms with E-state index in [0.717, 1.165) is 21.7 Å². The Labute approximate surface area is 127 Å². The Morgan fingerprint density at radius 1 is 1.14 bits per heavy atom. The van der Waals surface area contributed by atoms with Gasteiger partial charge in [0.1, 0.15) is 10.6 Å². The molecule has 0 fully saturated rings. The van der Waals surface area contributed by atoms with Crippen molar-refractivity contribution < 1.29 is 0 Å². The van der Waals surface area contributed by atoms with Crippen LogP contribution >= 0.6 is 11.3 Å². The maximum Gasteiger partial charge on any atom is 0.223 e. The third-order valence-electron chi connectivity index (χ3n) is 3.89. The largest absolute Gasteiger partial charge is 0.368 e. The van der Waals surface area contributed by atoms with Crippen LogP contribution in [0.5, 0.6) is 0 Å². The van der Waals surface area contributed by atoms with Crippen LogP contribution < -0.4 is 11.1 Å². The van der Waals surface area contributed by atoms with Gasteiger partial charge in [0, 0.05) is 10.6 Å². The number of nitrogens with two attached hydrogens (primary N) is 1. The quantitative estimate of drug-likeness (QED) is 0.754. The van der Waals surface area contributed by atoms with Crippen molar-refractivity contribution in [2.45, 2.75) is 26.2 Å². The van der Waals surface area contributed by atoms with Crippen LogP contribution in [-0.4, -0.2) is 9.97 Å². The number of hydrogen-bond donors (Lipinski definition) is 2. The maximum atomic E-state index is 5.82. The Bertz CT molecular complexity index is 838. The summed E-state index contributed by atoms with van der Waals surface area (Å²) in [5, 5.41) is 4.44. The summed E-state index contributed by atoms with van der Waals surface area (Å²) in [7, 11) is 0. The van der Waals surface area contributed by atoms with Crippen LogP contribution in [0.2, 0.25) is 0 Å². The van der Waals surface area contributed by atoms with E-state index in [1.165, 1.54) is 35.3 Å².